The van der Waals surface area contributed by atoms with Crippen molar-refractivity contribution in [3.8, 4) is 0 Å². The number of carboxylic acids is 1. The number of carboxylic acid groups (broad SMARTS) is 1. The van der Waals surface area contributed by atoms with Gasteiger partial charge < -0.3 is 9.84 Å². The van der Waals surface area contributed by atoms with E-state index in [1.807, 2.05) is 0 Å². The first-order chi connectivity index (χ1) is 4.54. The summed E-state index contributed by atoms with van der Waals surface area (Å²) in [5.41, 5.74) is 0. The lowest BCUT2D eigenvalue weighted by atomic mass is 10.6. The highest BCUT2D eigenvalue weighted by Crippen LogP contribution is 2.00. The lowest BCUT2D eigenvalue weighted by molar-refractivity contribution is -0.135. The van der Waals surface area contributed by atoms with Gasteiger partial charge in [0.05, 0.1) is 0 Å². The molecule has 0 unspecified atom stereocenters. The fourth-order valence-electron chi connectivity index (χ4n) is 0.185. The topological polar surface area (TPSA) is 63.6 Å². The van der Waals surface area contributed by atoms with Crippen LogP contribution in [0, 0.1) is 0 Å². The number of halogens is 1. The van der Waals surface area contributed by atoms with Crippen molar-refractivity contribution < 1.29 is 19.4 Å². The fraction of sp³-hybridized carbons (Fsp3) is 0.200. The Bertz CT molecular complexity index is 184. The van der Waals surface area contributed by atoms with E-state index in [-0.39, 0.29) is 0 Å². The third kappa shape index (κ3) is 3.91. The molecule has 0 aliphatic rings. The van der Waals surface area contributed by atoms with Gasteiger partial charge in [-0.05, 0) is 0 Å². The third-order valence-corrected chi connectivity index (χ3v) is 0.783. The molecule has 0 radical (unpaired) electrons. The lowest BCUT2D eigenvalue weighted by Gasteiger charge is -1.90. The lowest BCUT2D eigenvalue weighted by Crippen LogP contribution is -1.97. The normalized spacial score (nSPS) is 10.8. The van der Waals surface area contributed by atoms with Crippen LogP contribution in [0.4, 0.5) is 0 Å². The predicted octanol–water partition coefficient (Wildman–Crippen LogP) is 0.714. The van der Waals surface area contributed by atoms with Gasteiger partial charge in [-0.25, -0.2) is 4.79 Å². The number of hydrogen-bond donors (Lipinski definition) is 1. The summed E-state index contributed by atoms with van der Waals surface area (Å²) in [6.45, 7) is 1.14. The molecule has 0 aromatic carbocycles. The summed E-state index contributed by atoms with van der Waals surface area (Å²) >= 11 is 5.04. The van der Waals surface area contributed by atoms with Crippen LogP contribution in [-0.4, -0.2) is 17.0 Å². The Kier molecular flexibility index (Phi) is 3.49. The van der Waals surface area contributed by atoms with Crippen molar-refractivity contribution in [2.24, 2.45) is 0 Å². The standard InChI is InChI=1S/C5H5ClO4/c1-3(7)10-2-4(6)5(8)9/h2H,1H3,(H,8,9). The molecule has 4 nitrogen and oxygen atoms in total. The molecule has 1 N–H and O–H groups in total. The van der Waals surface area contributed by atoms with E-state index in [1.165, 1.54) is 0 Å². The molecule has 5 heteroatoms. The van der Waals surface area contributed by atoms with Crippen molar-refractivity contribution in [2.75, 3.05) is 0 Å². The van der Waals surface area contributed by atoms with Crippen LogP contribution in [-0.2, 0) is 14.3 Å². The highest BCUT2D eigenvalue weighted by Gasteiger charge is 2.02. The highest BCUT2D eigenvalue weighted by atomic mass is 35.5. The van der Waals surface area contributed by atoms with Crippen LogP contribution in [0.5, 0.6) is 0 Å². The van der Waals surface area contributed by atoms with Gasteiger partial charge in [-0.2, -0.15) is 0 Å². The molecule has 0 aromatic heterocycles. The van der Waals surface area contributed by atoms with E-state index in [2.05, 4.69) is 4.74 Å². The molecular formula is C5H5ClO4. The minimum absolute atomic E-state index is 0.532. The number of carbonyl (C=O) groups is 2. The number of carbonyl (C=O) groups excluding carboxylic acids is 1. The Morgan fingerprint density at radius 2 is 2.10 bits per heavy atom. The minimum Gasteiger partial charge on any atom is -0.477 e. The van der Waals surface area contributed by atoms with Gasteiger partial charge in [0.15, 0.2) is 5.03 Å². The first-order valence-corrected chi connectivity index (χ1v) is 2.68. The zero-order chi connectivity index (χ0) is 8.15. The maximum absolute atomic E-state index is 10.1. The molecule has 0 rings (SSSR count). The van der Waals surface area contributed by atoms with E-state index in [0.29, 0.717) is 6.26 Å². The maximum Gasteiger partial charge on any atom is 0.350 e. The van der Waals surface area contributed by atoms with Crippen LogP contribution >= 0.6 is 11.6 Å². The summed E-state index contributed by atoms with van der Waals surface area (Å²) < 4.78 is 4.15. The van der Waals surface area contributed by atoms with Gasteiger partial charge >= 0.3 is 11.9 Å². The molecule has 0 fully saturated rings. The average molecular weight is 165 g/mol. The van der Waals surface area contributed by atoms with E-state index in [9.17, 15) is 9.59 Å². The summed E-state index contributed by atoms with van der Waals surface area (Å²) in [4.78, 5) is 20.0. The fourth-order valence-corrected chi connectivity index (χ4v) is 0.230. The summed E-state index contributed by atoms with van der Waals surface area (Å²) in [5.74, 6) is -1.94. The van der Waals surface area contributed by atoms with Crippen LogP contribution in [0.25, 0.3) is 0 Å². The van der Waals surface area contributed by atoms with E-state index in [4.69, 9.17) is 16.7 Å². The zero-order valence-corrected chi connectivity index (χ0v) is 5.88. The van der Waals surface area contributed by atoms with E-state index < -0.39 is 17.0 Å². The number of esters is 1. The van der Waals surface area contributed by atoms with E-state index in [1.54, 1.807) is 0 Å². The van der Waals surface area contributed by atoms with E-state index in [0.717, 1.165) is 6.92 Å². The van der Waals surface area contributed by atoms with E-state index >= 15 is 0 Å². The molecule has 0 heterocycles. The van der Waals surface area contributed by atoms with Gasteiger partial charge in [0.2, 0.25) is 0 Å². The van der Waals surface area contributed by atoms with Gasteiger partial charge in [0, 0.05) is 6.92 Å². The smallest absolute Gasteiger partial charge is 0.350 e. The Balaban J connectivity index is 3.92. The first-order valence-electron chi connectivity index (χ1n) is 2.30. The van der Waals surface area contributed by atoms with Crippen molar-refractivity contribution in [3.63, 3.8) is 0 Å². The Hall–Kier alpha value is -1.03. The van der Waals surface area contributed by atoms with Gasteiger partial charge in [0.1, 0.15) is 6.26 Å². The first kappa shape index (κ1) is 8.97. The number of rotatable bonds is 2. The van der Waals surface area contributed by atoms with Crippen molar-refractivity contribution in [3.05, 3.63) is 11.3 Å². The van der Waals surface area contributed by atoms with Gasteiger partial charge in [-0.1, -0.05) is 11.6 Å². The summed E-state index contributed by atoms with van der Waals surface area (Å²) in [7, 11) is 0. The molecule has 0 saturated heterocycles. The molecule has 0 aliphatic carbocycles. The predicted molar refractivity (Wildman–Crippen MR) is 33.3 cm³/mol. The summed E-state index contributed by atoms with van der Waals surface area (Å²) in [5, 5.41) is 7.57. The monoisotopic (exact) mass is 164 g/mol. The second kappa shape index (κ2) is 3.90. The van der Waals surface area contributed by atoms with Gasteiger partial charge in [-0.3, -0.25) is 4.79 Å². The highest BCUT2D eigenvalue weighted by molar-refractivity contribution is 6.40. The molecule has 0 spiro atoms. The second-order valence-electron chi connectivity index (χ2n) is 1.38. The average Bonchev–Trinajstić information content (AvgIpc) is 1.82. The molecule has 0 aromatic rings. The number of ether oxygens (including phenoxy) is 1. The number of aliphatic carboxylic acids is 1. The van der Waals surface area contributed by atoms with Crippen LogP contribution in [0.3, 0.4) is 0 Å². The van der Waals surface area contributed by atoms with Crippen LogP contribution in [0.15, 0.2) is 11.3 Å². The van der Waals surface area contributed by atoms with Crippen LogP contribution in [0.1, 0.15) is 6.92 Å². The molecule has 0 amide bonds. The molecule has 56 valence electrons. The summed E-state index contributed by atoms with van der Waals surface area (Å²) in [6.07, 6.45) is 0.673. The SMILES string of the molecule is CC(=O)OC=C(Cl)C(=O)O. The number of hydrogen-bond acceptors (Lipinski definition) is 3. The maximum atomic E-state index is 10.1. The van der Waals surface area contributed by atoms with Gasteiger partial charge in [-0.15, -0.1) is 0 Å². The Morgan fingerprint density at radius 1 is 1.60 bits per heavy atom. The second-order valence-corrected chi connectivity index (χ2v) is 1.79. The molecule has 0 bridgehead atoms. The Labute approximate surface area is 62.0 Å². The summed E-state index contributed by atoms with van der Waals surface area (Å²) in [6, 6.07) is 0. The minimum atomic E-state index is -1.33. The van der Waals surface area contributed by atoms with Crippen LogP contribution in [0.2, 0.25) is 0 Å². The quantitative estimate of drug-likeness (QED) is 0.371. The molecule has 10 heavy (non-hydrogen) atoms. The molecule has 0 aliphatic heterocycles. The van der Waals surface area contributed by atoms with Crippen molar-refractivity contribution in [1.82, 2.24) is 0 Å². The molecular weight excluding hydrogens is 160 g/mol. The molecule has 0 saturated carbocycles. The van der Waals surface area contributed by atoms with Crippen molar-refractivity contribution in [1.29, 1.82) is 0 Å². The molecule has 0 atom stereocenters. The largest absolute Gasteiger partial charge is 0.477 e. The van der Waals surface area contributed by atoms with Crippen LogP contribution < -0.4 is 0 Å². The van der Waals surface area contributed by atoms with Crippen molar-refractivity contribution in [2.45, 2.75) is 6.92 Å². The van der Waals surface area contributed by atoms with Crippen molar-refractivity contribution >= 4 is 23.5 Å². The Morgan fingerprint density at radius 3 is 2.40 bits per heavy atom. The third-order valence-electron chi connectivity index (χ3n) is 0.533. The zero-order valence-electron chi connectivity index (χ0n) is 5.13. The van der Waals surface area contributed by atoms with Gasteiger partial charge in [0.25, 0.3) is 0 Å².